The van der Waals surface area contributed by atoms with E-state index in [0.29, 0.717) is 18.2 Å². The molecule has 3 unspecified atom stereocenters. The van der Waals surface area contributed by atoms with Crippen molar-refractivity contribution in [3.05, 3.63) is 0 Å². The van der Waals surface area contributed by atoms with Gasteiger partial charge in [-0.2, -0.15) is 0 Å². The molecule has 3 heteroatoms. The molecular formula is C15H32N2O. The molecule has 1 aliphatic rings. The van der Waals surface area contributed by atoms with Crippen molar-refractivity contribution in [3.8, 4) is 0 Å². The third kappa shape index (κ3) is 5.68. The summed E-state index contributed by atoms with van der Waals surface area (Å²) >= 11 is 0. The zero-order chi connectivity index (χ0) is 13.5. The zero-order valence-electron chi connectivity index (χ0n) is 12.9. The zero-order valence-corrected chi connectivity index (χ0v) is 12.9. The fourth-order valence-corrected chi connectivity index (χ4v) is 2.62. The predicted octanol–water partition coefficient (Wildman–Crippen LogP) is 2.51. The Morgan fingerprint density at radius 3 is 2.67 bits per heavy atom. The van der Waals surface area contributed by atoms with Crippen LogP contribution in [0.15, 0.2) is 0 Å². The Morgan fingerprint density at radius 1 is 1.28 bits per heavy atom. The highest BCUT2D eigenvalue weighted by Crippen LogP contribution is 2.17. The highest BCUT2D eigenvalue weighted by molar-refractivity contribution is 4.79. The number of ether oxygens (including phenoxy) is 1. The van der Waals surface area contributed by atoms with E-state index in [1.54, 1.807) is 0 Å². The van der Waals surface area contributed by atoms with Gasteiger partial charge in [-0.15, -0.1) is 0 Å². The van der Waals surface area contributed by atoms with E-state index in [-0.39, 0.29) is 0 Å². The molecule has 1 aliphatic heterocycles. The molecule has 0 aromatic heterocycles. The summed E-state index contributed by atoms with van der Waals surface area (Å²) in [7, 11) is 0. The minimum Gasteiger partial charge on any atom is -0.376 e. The molecule has 0 aromatic rings. The highest BCUT2D eigenvalue weighted by atomic mass is 16.5. The topological polar surface area (TPSA) is 24.5 Å². The van der Waals surface area contributed by atoms with E-state index in [4.69, 9.17) is 4.74 Å². The molecule has 0 spiro atoms. The van der Waals surface area contributed by atoms with E-state index in [2.05, 4.69) is 44.8 Å². The van der Waals surface area contributed by atoms with Gasteiger partial charge in [0.2, 0.25) is 0 Å². The van der Waals surface area contributed by atoms with Crippen molar-refractivity contribution < 1.29 is 4.74 Å². The van der Waals surface area contributed by atoms with Crippen LogP contribution in [0, 0.1) is 5.92 Å². The van der Waals surface area contributed by atoms with Gasteiger partial charge in [-0.1, -0.05) is 13.8 Å². The van der Waals surface area contributed by atoms with Gasteiger partial charge in [-0.25, -0.2) is 0 Å². The van der Waals surface area contributed by atoms with E-state index in [0.717, 1.165) is 32.2 Å². The number of nitrogens with zero attached hydrogens (tertiary/aromatic N) is 1. The van der Waals surface area contributed by atoms with Crippen molar-refractivity contribution in [3.63, 3.8) is 0 Å². The maximum Gasteiger partial charge on any atom is 0.0674 e. The van der Waals surface area contributed by atoms with Gasteiger partial charge in [0.15, 0.2) is 0 Å². The summed E-state index contributed by atoms with van der Waals surface area (Å²) in [6, 6.07) is 1.24. The maximum atomic E-state index is 5.69. The van der Waals surface area contributed by atoms with E-state index in [9.17, 15) is 0 Å². The molecule has 1 N–H and O–H groups in total. The first kappa shape index (κ1) is 15.9. The number of morpholine rings is 1. The fourth-order valence-electron chi connectivity index (χ4n) is 2.62. The van der Waals surface area contributed by atoms with Crippen molar-refractivity contribution in [2.75, 3.05) is 26.2 Å². The Balaban J connectivity index is 2.16. The Labute approximate surface area is 113 Å². The van der Waals surface area contributed by atoms with Crippen molar-refractivity contribution >= 4 is 0 Å². The largest absolute Gasteiger partial charge is 0.376 e. The maximum absolute atomic E-state index is 5.69. The fraction of sp³-hybridized carbons (Fsp3) is 1.00. The van der Waals surface area contributed by atoms with E-state index >= 15 is 0 Å². The molecule has 0 aliphatic carbocycles. The number of hydrogen-bond donors (Lipinski definition) is 1. The summed E-state index contributed by atoms with van der Waals surface area (Å²) in [5, 5.41) is 3.52. The van der Waals surface area contributed by atoms with Crippen LogP contribution in [0.25, 0.3) is 0 Å². The molecular weight excluding hydrogens is 224 g/mol. The SMILES string of the molecule is CC(C)CNCCCC(C)N1CC(C)OCC1C. The van der Waals surface area contributed by atoms with Crippen molar-refractivity contribution in [1.29, 1.82) is 0 Å². The Morgan fingerprint density at radius 2 is 2.00 bits per heavy atom. The summed E-state index contributed by atoms with van der Waals surface area (Å²) in [6.45, 7) is 15.6. The summed E-state index contributed by atoms with van der Waals surface area (Å²) in [5.41, 5.74) is 0. The Hall–Kier alpha value is -0.120. The van der Waals surface area contributed by atoms with Crippen LogP contribution in [0.5, 0.6) is 0 Å². The highest BCUT2D eigenvalue weighted by Gasteiger charge is 2.26. The predicted molar refractivity (Wildman–Crippen MR) is 78.0 cm³/mol. The van der Waals surface area contributed by atoms with Crippen LogP contribution < -0.4 is 5.32 Å². The van der Waals surface area contributed by atoms with Gasteiger partial charge in [0.05, 0.1) is 12.7 Å². The molecule has 0 amide bonds. The minimum atomic E-state index is 0.391. The lowest BCUT2D eigenvalue weighted by atomic mass is 10.1. The molecule has 1 saturated heterocycles. The first-order valence-electron chi connectivity index (χ1n) is 7.58. The summed E-state index contributed by atoms with van der Waals surface area (Å²) in [6.07, 6.45) is 2.94. The van der Waals surface area contributed by atoms with Gasteiger partial charge in [0.25, 0.3) is 0 Å². The van der Waals surface area contributed by atoms with Gasteiger partial charge in [-0.3, -0.25) is 4.90 Å². The average molecular weight is 256 g/mol. The van der Waals surface area contributed by atoms with Crippen LogP contribution in [0.3, 0.4) is 0 Å². The van der Waals surface area contributed by atoms with Crippen molar-refractivity contribution in [1.82, 2.24) is 10.2 Å². The first-order chi connectivity index (χ1) is 8.50. The van der Waals surface area contributed by atoms with Crippen LogP contribution in [0.2, 0.25) is 0 Å². The normalized spacial score (nSPS) is 27.7. The quantitative estimate of drug-likeness (QED) is 0.708. The third-order valence-corrected chi connectivity index (χ3v) is 3.75. The minimum absolute atomic E-state index is 0.391. The number of rotatable bonds is 7. The van der Waals surface area contributed by atoms with Crippen LogP contribution in [0.1, 0.15) is 47.5 Å². The van der Waals surface area contributed by atoms with E-state index in [1.165, 1.54) is 12.8 Å². The van der Waals surface area contributed by atoms with Gasteiger partial charge >= 0.3 is 0 Å². The van der Waals surface area contributed by atoms with Crippen molar-refractivity contribution in [2.24, 2.45) is 5.92 Å². The van der Waals surface area contributed by atoms with Gasteiger partial charge in [0, 0.05) is 18.6 Å². The summed E-state index contributed by atoms with van der Waals surface area (Å²) < 4.78 is 5.69. The lowest BCUT2D eigenvalue weighted by Crippen LogP contribution is -2.51. The summed E-state index contributed by atoms with van der Waals surface area (Å²) in [4.78, 5) is 2.61. The standard InChI is InChI=1S/C15H32N2O/c1-12(2)9-16-8-6-7-13(3)17-10-15(5)18-11-14(17)4/h12-16H,6-11H2,1-5H3. The molecule has 0 bridgehead atoms. The molecule has 1 heterocycles. The molecule has 0 saturated carbocycles. The third-order valence-electron chi connectivity index (χ3n) is 3.75. The molecule has 1 rings (SSSR count). The van der Waals surface area contributed by atoms with Crippen LogP contribution >= 0.6 is 0 Å². The Kier molecular flexibility index (Phi) is 7.20. The second-order valence-corrected chi connectivity index (χ2v) is 6.28. The van der Waals surface area contributed by atoms with Gasteiger partial charge in [0.1, 0.15) is 0 Å². The molecule has 3 nitrogen and oxygen atoms in total. The van der Waals surface area contributed by atoms with Gasteiger partial charge in [-0.05, 0) is 52.6 Å². The smallest absolute Gasteiger partial charge is 0.0674 e. The number of nitrogens with one attached hydrogen (secondary N) is 1. The van der Waals surface area contributed by atoms with Crippen molar-refractivity contribution in [2.45, 2.75) is 65.6 Å². The number of hydrogen-bond acceptors (Lipinski definition) is 3. The van der Waals surface area contributed by atoms with Crippen LogP contribution in [0.4, 0.5) is 0 Å². The lowest BCUT2D eigenvalue weighted by molar-refractivity contribution is -0.0645. The molecule has 18 heavy (non-hydrogen) atoms. The second kappa shape index (κ2) is 8.13. The Bertz CT molecular complexity index is 221. The average Bonchev–Trinajstić information content (AvgIpc) is 2.31. The monoisotopic (exact) mass is 256 g/mol. The molecule has 0 radical (unpaired) electrons. The molecule has 3 atom stereocenters. The van der Waals surface area contributed by atoms with Gasteiger partial charge < -0.3 is 10.1 Å². The lowest BCUT2D eigenvalue weighted by Gasteiger charge is -2.40. The van der Waals surface area contributed by atoms with Crippen LogP contribution in [-0.2, 0) is 4.74 Å². The summed E-state index contributed by atoms with van der Waals surface area (Å²) in [5.74, 6) is 0.752. The second-order valence-electron chi connectivity index (χ2n) is 6.28. The van der Waals surface area contributed by atoms with E-state index in [1.807, 2.05) is 0 Å². The molecule has 1 fully saturated rings. The van der Waals surface area contributed by atoms with Crippen LogP contribution in [-0.4, -0.2) is 49.3 Å². The molecule has 108 valence electrons. The van der Waals surface area contributed by atoms with E-state index < -0.39 is 0 Å². The molecule has 0 aromatic carbocycles. The first-order valence-corrected chi connectivity index (χ1v) is 7.58.